The van der Waals surface area contributed by atoms with E-state index < -0.39 is 0 Å². The second-order valence-electron chi connectivity index (χ2n) is 7.37. The minimum Gasteiger partial charge on any atom is -0.361 e. The van der Waals surface area contributed by atoms with Crippen LogP contribution in [-0.2, 0) is 13.5 Å². The average Bonchev–Trinajstić information content (AvgIpc) is 3.41. The van der Waals surface area contributed by atoms with Gasteiger partial charge in [-0.2, -0.15) is 5.10 Å². The number of halogens is 2. The molecule has 3 aromatic rings. The molecule has 0 amide bonds. The van der Waals surface area contributed by atoms with E-state index in [9.17, 15) is 4.39 Å². The smallest absolute Gasteiger partial charge is 0.193 e. The van der Waals surface area contributed by atoms with Crippen molar-refractivity contribution in [2.45, 2.75) is 25.7 Å². The molecule has 1 aliphatic rings. The maximum Gasteiger partial charge on any atom is 0.193 e. The third-order valence-corrected chi connectivity index (χ3v) is 5.39. The number of aliphatic imine (C=N–C) groups is 1. The Labute approximate surface area is 187 Å². The van der Waals surface area contributed by atoms with Crippen molar-refractivity contribution in [3.05, 3.63) is 53.7 Å². The van der Waals surface area contributed by atoms with Crippen LogP contribution in [0.3, 0.4) is 0 Å². The lowest BCUT2D eigenvalue weighted by Crippen LogP contribution is -2.40. The summed E-state index contributed by atoms with van der Waals surface area (Å²) in [5, 5.41) is 8.66. The lowest BCUT2D eigenvalue weighted by atomic mass is 10.0. The highest BCUT2D eigenvalue weighted by Crippen LogP contribution is 2.26. The normalized spacial score (nSPS) is 17.0. The maximum atomic E-state index is 13.6. The fraction of sp³-hybridized carbons (Fsp3) is 0.429. The number of benzene rings is 1. The molecule has 1 fully saturated rings. The van der Waals surface area contributed by atoms with Crippen LogP contribution in [0.2, 0.25) is 0 Å². The molecule has 1 aromatic carbocycles. The Morgan fingerprint density at radius 1 is 1.41 bits per heavy atom. The van der Waals surface area contributed by atoms with Crippen molar-refractivity contribution in [3.63, 3.8) is 0 Å². The third kappa shape index (κ3) is 4.91. The second kappa shape index (κ2) is 9.60. The van der Waals surface area contributed by atoms with Crippen molar-refractivity contribution in [2.24, 2.45) is 12.0 Å². The highest BCUT2D eigenvalue weighted by Gasteiger charge is 2.26. The van der Waals surface area contributed by atoms with Crippen LogP contribution in [0, 0.1) is 5.82 Å². The van der Waals surface area contributed by atoms with Crippen molar-refractivity contribution in [2.75, 3.05) is 26.2 Å². The standard InChI is InChI=1S/C21H27FN6.HI/c1-3-23-21(28-9-7-16(14-28)17-12-26-27(2)13-17)24-8-6-15-11-25-20-5-4-18(22)10-19(15)20;/h4-5,10-13,16,25H,3,6-9,14H2,1-2H3,(H,23,24);1H. The molecule has 1 atom stereocenters. The quantitative estimate of drug-likeness (QED) is 0.313. The van der Waals surface area contributed by atoms with Gasteiger partial charge in [-0.15, -0.1) is 24.0 Å². The molecule has 3 heterocycles. The summed E-state index contributed by atoms with van der Waals surface area (Å²) >= 11 is 0. The van der Waals surface area contributed by atoms with Gasteiger partial charge in [-0.25, -0.2) is 4.39 Å². The first-order valence-electron chi connectivity index (χ1n) is 9.91. The fourth-order valence-electron chi connectivity index (χ4n) is 3.94. The van der Waals surface area contributed by atoms with E-state index in [1.807, 2.05) is 24.1 Å². The number of likely N-dealkylation sites (tertiary alicyclic amines) is 1. The molecule has 8 heteroatoms. The molecule has 2 aromatic heterocycles. The van der Waals surface area contributed by atoms with E-state index in [-0.39, 0.29) is 29.8 Å². The Morgan fingerprint density at radius 2 is 2.28 bits per heavy atom. The van der Waals surface area contributed by atoms with Gasteiger partial charge in [-0.3, -0.25) is 9.67 Å². The molecule has 0 spiro atoms. The lowest BCUT2D eigenvalue weighted by molar-refractivity contribution is 0.486. The summed E-state index contributed by atoms with van der Waals surface area (Å²) in [7, 11) is 1.96. The van der Waals surface area contributed by atoms with Gasteiger partial charge in [0.25, 0.3) is 0 Å². The van der Waals surface area contributed by atoms with Gasteiger partial charge in [0.2, 0.25) is 0 Å². The molecule has 1 aliphatic heterocycles. The number of rotatable bonds is 5. The zero-order chi connectivity index (χ0) is 19.5. The second-order valence-corrected chi connectivity index (χ2v) is 7.37. The van der Waals surface area contributed by atoms with Gasteiger partial charge in [-0.05, 0) is 49.1 Å². The van der Waals surface area contributed by atoms with Gasteiger partial charge < -0.3 is 15.2 Å². The SMILES string of the molecule is CCNC(=NCCc1c[nH]c2ccc(F)cc12)N1CCC(c2cnn(C)c2)C1.I. The first-order chi connectivity index (χ1) is 13.6. The number of fused-ring (bicyclic) bond motifs is 1. The van der Waals surface area contributed by atoms with Crippen molar-refractivity contribution in [1.29, 1.82) is 0 Å². The van der Waals surface area contributed by atoms with E-state index in [1.54, 1.807) is 12.1 Å². The number of guanidine groups is 1. The maximum absolute atomic E-state index is 13.6. The summed E-state index contributed by atoms with van der Waals surface area (Å²) < 4.78 is 15.4. The molecule has 0 bridgehead atoms. The van der Waals surface area contributed by atoms with E-state index >= 15 is 0 Å². The van der Waals surface area contributed by atoms with Gasteiger partial charge >= 0.3 is 0 Å². The summed E-state index contributed by atoms with van der Waals surface area (Å²) in [5.41, 5.74) is 3.36. The predicted molar refractivity (Wildman–Crippen MR) is 125 cm³/mol. The van der Waals surface area contributed by atoms with E-state index in [2.05, 4.69) is 33.4 Å². The topological polar surface area (TPSA) is 61.2 Å². The summed E-state index contributed by atoms with van der Waals surface area (Å²) in [6.07, 6.45) is 7.92. The molecule has 4 rings (SSSR count). The van der Waals surface area contributed by atoms with Gasteiger partial charge in [0, 0.05) is 62.4 Å². The van der Waals surface area contributed by atoms with Crippen LogP contribution >= 0.6 is 24.0 Å². The van der Waals surface area contributed by atoms with Crippen LogP contribution in [0.4, 0.5) is 4.39 Å². The molecule has 29 heavy (non-hydrogen) atoms. The van der Waals surface area contributed by atoms with Gasteiger partial charge in [0.05, 0.1) is 6.20 Å². The summed E-state index contributed by atoms with van der Waals surface area (Å²) in [4.78, 5) is 10.4. The molecular formula is C21H28FIN6. The minimum absolute atomic E-state index is 0. The average molecular weight is 510 g/mol. The Bertz CT molecular complexity index is 979. The molecule has 0 saturated carbocycles. The monoisotopic (exact) mass is 510 g/mol. The molecule has 6 nitrogen and oxygen atoms in total. The molecule has 2 N–H and O–H groups in total. The molecule has 0 aliphatic carbocycles. The number of aryl methyl sites for hydroxylation is 1. The summed E-state index contributed by atoms with van der Waals surface area (Å²) in [6, 6.07) is 4.86. The molecule has 0 radical (unpaired) electrons. The van der Waals surface area contributed by atoms with Crippen LogP contribution in [0.5, 0.6) is 0 Å². The van der Waals surface area contributed by atoms with E-state index in [0.717, 1.165) is 54.9 Å². The molecule has 1 saturated heterocycles. The third-order valence-electron chi connectivity index (χ3n) is 5.39. The van der Waals surface area contributed by atoms with Gasteiger partial charge in [-0.1, -0.05) is 0 Å². The highest BCUT2D eigenvalue weighted by molar-refractivity contribution is 14.0. The number of nitrogens with one attached hydrogen (secondary N) is 2. The zero-order valence-corrected chi connectivity index (χ0v) is 19.2. The fourth-order valence-corrected chi connectivity index (χ4v) is 3.94. The largest absolute Gasteiger partial charge is 0.361 e. The number of H-pyrrole nitrogens is 1. The van der Waals surface area contributed by atoms with E-state index in [1.165, 1.54) is 11.6 Å². The molecular weight excluding hydrogens is 482 g/mol. The summed E-state index contributed by atoms with van der Waals surface area (Å²) in [6.45, 7) is 5.54. The predicted octanol–water partition coefficient (Wildman–Crippen LogP) is 3.66. The van der Waals surface area contributed by atoms with Crippen molar-refractivity contribution in [3.8, 4) is 0 Å². The Hall–Kier alpha value is -2.10. The summed E-state index contributed by atoms with van der Waals surface area (Å²) in [5.74, 6) is 1.25. The highest BCUT2D eigenvalue weighted by atomic mass is 127. The Kier molecular flexibility index (Phi) is 7.15. The van der Waals surface area contributed by atoms with Crippen molar-refractivity contribution in [1.82, 2.24) is 25.0 Å². The first-order valence-corrected chi connectivity index (χ1v) is 9.91. The minimum atomic E-state index is -0.205. The van der Waals surface area contributed by atoms with Gasteiger partial charge in [0.1, 0.15) is 5.82 Å². The Balaban J connectivity index is 0.00000240. The van der Waals surface area contributed by atoms with Crippen LogP contribution in [0.15, 0.2) is 41.8 Å². The Morgan fingerprint density at radius 3 is 3.03 bits per heavy atom. The van der Waals surface area contributed by atoms with Crippen molar-refractivity contribution >= 4 is 40.8 Å². The number of hydrogen-bond donors (Lipinski definition) is 2. The van der Waals surface area contributed by atoms with E-state index in [0.29, 0.717) is 12.5 Å². The van der Waals surface area contributed by atoms with Gasteiger partial charge in [0.15, 0.2) is 5.96 Å². The molecule has 156 valence electrons. The number of aromatic nitrogens is 3. The van der Waals surface area contributed by atoms with Crippen molar-refractivity contribution < 1.29 is 4.39 Å². The zero-order valence-electron chi connectivity index (χ0n) is 16.9. The van der Waals surface area contributed by atoms with Crippen LogP contribution in [0.1, 0.15) is 30.4 Å². The lowest BCUT2D eigenvalue weighted by Gasteiger charge is -2.21. The number of aromatic amines is 1. The van der Waals surface area contributed by atoms with Crippen LogP contribution in [-0.4, -0.2) is 51.8 Å². The van der Waals surface area contributed by atoms with Crippen LogP contribution in [0.25, 0.3) is 10.9 Å². The molecule has 1 unspecified atom stereocenters. The van der Waals surface area contributed by atoms with E-state index in [4.69, 9.17) is 4.99 Å². The van der Waals surface area contributed by atoms with Crippen LogP contribution < -0.4 is 5.32 Å². The first kappa shape index (κ1) is 21.6. The number of nitrogens with zero attached hydrogens (tertiary/aromatic N) is 4. The number of hydrogen-bond acceptors (Lipinski definition) is 2.